The summed E-state index contributed by atoms with van der Waals surface area (Å²) in [6, 6.07) is 12.7. The number of pyridine rings is 2. The zero-order valence-electron chi connectivity index (χ0n) is 24.7. The number of nitrogens with zero attached hydrogens (tertiary/aromatic N) is 4. The number of rotatable bonds is 12. The maximum atomic E-state index is 15.0. The number of aromatic nitrogens is 2. The minimum Gasteiger partial charge on any atom is -0.453 e. The van der Waals surface area contributed by atoms with Crippen molar-refractivity contribution in [3.63, 3.8) is 0 Å². The molecule has 0 amide bonds. The first-order chi connectivity index (χ1) is 20.8. The molecule has 43 heavy (non-hydrogen) atoms. The molecule has 0 spiro atoms. The van der Waals surface area contributed by atoms with Crippen LogP contribution in [0, 0.1) is 17.7 Å². The fourth-order valence-corrected chi connectivity index (χ4v) is 6.53. The van der Waals surface area contributed by atoms with Gasteiger partial charge < -0.3 is 9.64 Å². The topological polar surface area (TPSA) is 75.6 Å². The van der Waals surface area contributed by atoms with Gasteiger partial charge in [-0.05, 0) is 61.1 Å². The molecular formula is C34H37FN4O3S. The number of hydrogen-bond acceptors (Lipinski definition) is 8. The van der Waals surface area contributed by atoms with Gasteiger partial charge in [0.15, 0.2) is 11.6 Å². The average Bonchev–Trinajstić information content (AvgIpc) is 3.69. The van der Waals surface area contributed by atoms with Gasteiger partial charge in [-0.25, -0.2) is 4.39 Å². The highest BCUT2D eigenvalue weighted by molar-refractivity contribution is 7.22. The van der Waals surface area contributed by atoms with Crippen LogP contribution < -0.4 is 4.74 Å². The zero-order chi connectivity index (χ0) is 29.9. The molecule has 7 nitrogen and oxygen atoms in total. The number of benzene rings is 1. The zero-order valence-corrected chi connectivity index (χ0v) is 25.5. The first kappa shape index (κ1) is 29.5. The lowest BCUT2D eigenvalue weighted by atomic mass is 10.0. The summed E-state index contributed by atoms with van der Waals surface area (Å²) >= 11 is 1.52. The normalized spacial score (nSPS) is 16.8. The van der Waals surface area contributed by atoms with Crippen molar-refractivity contribution in [3.05, 3.63) is 71.8 Å². The predicted molar refractivity (Wildman–Crippen MR) is 167 cm³/mol. The Bertz CT molecular complexity index is 1610. The molecule has 1 saturated carbocycles. The Balaban J connectivity index is 1.08. The number of Topliss-reactive ketones (excluding diaryl/α,β-unsaturated/α-hetero) is 2. The van der Waals surface area contributed by atoms with Gasteiger partial charge in [0.25, 0.3) is 0 Å². The number of piperazine rings is 1. The van der Waals surface area contributed by atoms with Crippen LogP contribution in [0.3, 0.4) is 0 Å². The number of fused-ring (bicyclic) bond motifs is 1. The molecule has 224 valence electrons. The molecule has 0 N–H and O–H groups in total. The molecule has 3 aromatic heterocycles. The van der Waals surface area contributed by atoms with E-state index in [1.807, 2.05) is 25.3 Å². The Hall–Kier alpha value is -3.53. The second kappa shape index (κ2) is 13.0. The Kier molecular flexibility index (Phi) is 8.93. The molecular weight excluding hydrogens is 563 g/mol. The monoisotopic (exact) mass is 600 g/mol. The molecule has 9 heteroatoms. The van der Waals surface area contributed by atoms with E-state index in [4.69, 9.17) is 9.72 Å². The van der Waals surface area contributed by atoms with Crippen LogP contribution in [0.1, 0.15) is 44.2 Å². The summed E-state index contributed by atoms with van der Waals surface area (Å²) in [5, 5.41) is 0. The molecule has 0 radical (unpaired) electrons. The first-order valence-electron chi connectivity index (χ1n) is 15.1. The molecule has 1 atom stereocenters. The van der Waals surface area contributed by atoms with Crippen LogP contribution in [-0.4, -0.2) is 64.1 Å². The van der Waals surface area contributed by atoms with Gasteiger partial charge in [-0.15, -0.1) is 11.3 Å². The number of ketones is 2. The van der Waals surface area contributed by atoms with Gasteiger partial charge in [0.2, 0.25) is 0 Å². The molecule has 1 saturated heterocycles. The number of ether oxygens (including phenoxy) is 1. The van der Waals surface area contributed by atoms with Gasteiger partial charge in [0.1, 0.15) is 17.3 Å². The van der Waals surface area contributed by atoms with Crippen molar-refractivity contribution in [1.29, 1.82) is 0 Å². The van der Waals surface area contributed by atoms with E-state index in [1.165, 1.54) is 17.4 Å². The highest BCUT2D eigenvalue weighted by atomic mass is 32.1. The minimum atomic E-state index is -0.484. The van der Waals surface area contributed by atoms with E-state index in [0.29, 0.717) is 23.7 Å². The van der Waals surface area contributed by atoms with E-state index in [2.05, 4.69) is 20.9 Å². The third-order valence-corrected chi connectivity index (χ3v) is 9.54. The van der Waals surface area contributed by atoms with E-state index >= 15 is 0 Å². The molecule has 4 heterocycles. The predicted octanol–water partition coefficient (Wildman–Crippen LogP) is 6.54. The summed E-state index contributed by atoms with van der Waals surface area (Å²) in [5.41, 5.74) is 3.45. The van der Waals surface area contributed by atoms with E-state index in [0.717, 1.165) is 78.5 Å². The largest absolute Gasteiger partial charge is 0.453 e. The first-order valence-corrected chi connectivity index (χ1v) is 15.9. The molecule has 0 unspecified atom stereocenters. The van der Waals surface area contributed by atoms with Crippen molar-refractivity contribution in [2.75, 3.05) is 32.7 Å². The quantitative estimate of drug-likeness (QED) is 0.183. The van der Waals surface area contributed by atoms with E-state index in [1.54, 1.807) is 31.3 Å². The minimum absolute atomic E-state index is 0.0850. The smallest absolute Gasteiger partial charge is 0.166 e. The summed E-state index contributed by atoms with van der Waals surface area (Å²) in [4.78, 5) is 38.8. The maximum absolute atomic E-state index is 15.0. The molecule has 2 fully saturated rings. The van der Waals surface area contributed by atoms with Gasteiger partial charge in [-0.2, -0.15) is 0 Å². The summed E-state index contributed by atoms with van der Waals surface area (Å²) in [7, 11) is 0. The van der Waals surface area contributed by atoms with Crippen molar-refractivity contribution < 1.29 is 18.7 Å². The summed E-state index contributed by atoms with van der Waals surface area (Å²) < 4.78 is 21.8. The molecule has 4 aromatic rings. The Morgan fingerprint density at radius 1 is 1.00 bits per heavy atom. The summed E-state index contributed by atoms with van der Waals surface area (Å²) in [6.45, 7) is 9.23. The lowest BCUT2D eigenvalue weighted by molar-refractivity contribution is -0.121. The molecule has 6 rings (SSSR count). The molecule has 1 aliphatic carbocycles. The molecule has 2 aliphatic rings. The second-order valence-electron chi connectivity index (χ2n) is 12.0. The van der Waals surface area contributed by atoms with Crippen LogP contribution in [-0.2, 0) is 22.6 Å². The fourth-order valence-electron chi connectivity index (χ4n) is 5.49. The number of halogens is 1. The van der Waals surface area contributed by atoms with E-state index in [9.17, 15) is 14.0 Å². The van der Waals surface area contributed by atoms with Crippen LogP contribution in [0.4, 0.5) is 4.39 Å². The van der Waals surface area contributed by atoms with Crippen LogP contribution >= 0.6 is 11.3 Å². The second-order valence-corrected chi connectivity index (χ2v) is 13.1. The van der Waals surface area contributed by atoms with Crippen LogP contribution in [0.15, 0.2) is 54.9 Å². The lowest BCUT2D eigenvalue weighted by Gasteiger charge is -2.35. The van der Waals surface area contributed by atoms with Crippen molar-refractivity contribution in [1.82, 2.24) is 19.8 Å². The third-order valence-electron chi connectivity index (χ3n) is 8.38. The highest BCUT2D eigenvalue weighted by Crippen LogP contribution is 2.39. The summed E-state index contributed by atoms with van der Waals surface area (Å²) in [6.07, 6.45) is 6.69. The molecule has 0 bridgehead atoms. The van der Waals surface area contributed by atoms with Gasteiger partial charge in [0.05, 0.1) is 20.8 Å². The number of thiophene rings is 1. The van der Waals surface area contributed by atoms with Gasteiger partial charge in [-0.3, -0.25) is 24.5 Å². The lowest BCUT2D eigenvalue weighted by Crippen LogP contribution is -2.47. The van der Waals surface area contributed by atoms with Gasteiger partial charge in [0, 0.05) is 76.5 Å². The van der Waals surface area contributed by atoms with E-state index < -0.39 is 5.82 Å². The molecule has 1 aromatic carbocycles. The van der Waals surface area contributed by atoms with Gasteiger partial charge >= 0.3 is 0 Å². The number of carbonyl (C=O) groups excluding carboxylic acids is 2. The van der Waals surface area contributed by atoms with Crippen LogP contribution in [0.2, 0.25) is 0 Å². The van der Waals surface area contributed by atoms with Crippen molar-refractivity contribution >= 4 is 33.1 Å². The summed E-state index contributed by atoms with van der Waals surface area (Å²) in [5.74, 6) is 1.20. The molecule has 1 aliphatic heterocycles. The Morgan fingerprint density at radius 2 is 1.77 bits per heavy atom. The maximum Gasteiger partial charge on any atom is 0.166 e. The van der Waals surface area contributed by atoms with Crippen LogP contribution in [0.5, 0.6) is 11.5 Å². The highest BCUT2D eigenvalue weighted by Gasteiger charge is 2.24. The third kappa shape index (κ3) is 7.52. The SMILES string of the molecule is CC(=O)[C@H](C)CN1CCN(Cc2ccc(-c3cc4nccc(Oc5ccc(CC(=O)CC6CC6)cc5F)c4s3)nc2)CC1. The number of carbonyl (C=O) groups is 2. The van der Waals surface area contributed by atoms with Crippen LogP contribution in [0.25, 0.3) is 20.8 Å². The fraction of sp³-hybridized carbons (Fsp3) is 0.412. The average molecular weight is 601 g/mol. The Morgan fingerprint density at radius 3 is 2.47 bits per heavy atom. The number of hydrogen-bond donors (Lipinski definition) is 0. The Labute approximate surface area is 255 Å². The van der Waals surface area contributed by atoms with E-state index in [-0.39, 0.29) is 29.7 Å². The van der Waals surface area contributed by atoms with Crippen molar-refractivity contribution in [3.8, 4) is 22.1 Å². The standard InChI is InChI=1S/C34H37FN4O3S/c1-22(23(2)40)20-38-11-13-39(14-12-38)21-26-5-7-29(37-19-26)33-18-30-34(43-33)32(9-10-36-30)42-31-8-6-25(17-28(31)35)16-27(41)15-24-3-4-24/h5-10,17-19,22,24H,3-4,11-16,20-21H2,1-2H3/t22-/m1/s1. The van der Waals surface area contributed by atoms with Crippen molar-refractivity contribution in [2.45, 2.75) is 46.1 Å². The van der Waals surface area contributed by atoms with Crippen molar-refractivity contribution in [2.24, 2.45) is 11.8 Å². The van der Waals surface area contributed by atoms with Gasteiger partial charge in [-0.1, -0.05) is 19.1 Å².